The van der Waals surface area contributed by atoms with Crippen LogP contribution < -0.4 is 5.32 Å². The van der Waals surface area contributed by atoms with Gasteiger partial charge in [0.05, 0.1) is 16.5 Å². The lowest BCUT2D eigenvalue weighted by atomic mass is 10.1. The number of likely N-dealkylation sites (tertiary alicyclic amines) is 1. The van der Waals surface area contributed by atoms with Gasteiger partial charge in [0.25, 0.3) is 5.91 Å². The lowest BCUT2D eigenvalue weighted by Crippen LogP contribution is -2.42. The minimum atomic E-state index is -1.32. The maximum Gasteiger partial charge on any atom is 0.410 e. The molecule has 1 N–H and O–H groups in total. The first-order valence-corrected chi connectivity index (χ1v) is 13.2. The number of rotatable bonds is 5. The molecule has 2 saturated heterocycles. The van der Waals surface area contributed by atoms with Gasteiger partial charge in [0.15, 0.2) is 0 Å². The summed E-state index contributed by atoms with van der Waals surface area (Å²) in [6, 6.07) is 11.0. The summed E-state index contributed by atoms with van der Waals surface area (Å²) in [6.07, 6.45) is 5.84. The van der Waals surface area contributed by atoms with Crippen LogP contribution in [0.3, 0.4) is 0 Å². The number of aromatic nitrogens is 2. The molecule has 0 bridgehead atoms. The van der Waals surface area contributed by atoms with Crippen molar-refractivity contribution in [1.82, 2.24) is 23.9 Å². The lowest BCUT2D eigenvalue weighted by molar-refractivity contribution is 0.0223. The van der Waals surface area contributed by atoms with Crippen LogP contribution in [-0.2, 0) is 22.3 Å². The number of pyridine rings is 1. The Balaban J connectivity index is 1.16. The second-order valence-electron chi connectivity index (χ2n) is 10.3. The first-order chi connectivity index (χ1) is 17.2. The first-order valence-electron chi connectivity index (χ1n) is 12.1. The summed E-state index contributed by atoms with van der Waals surface area (Å²) >= 11 is 0. The van der Waals surface area contributed by atoms with E-state index < -0.39 is 16.6 Å². The molecule has 9 nitrogen and oxygen atoms in total. The minimum Gasteiger partial charge on any atom is -0.444 e. The van der Waals surface area contributed by atoms with Gasteiger partial charge in [-0.05, 0) is 62.9 Å². The Labute approximate surface area is 213 Å². The molecule has 3 aromatic rings. The summed E-state index contributed by atoms with van der Waals surface area (Å²) in [7, 11) is -1.32. The number of nitrogens with one attached hydrogen (secondary N) is 1. The lowest BCUT2D eigenvalue weighted by Gasteiger charge is -2.28. The van der Waals surface area contributed by atoms with E-state index in [0.717, 1.165) is 17.6 Å². The molecule has 3 atom stereocenters. The predicted octanol–water partition coefficient (Wildman–Crippen LogP) is 3.23. The van der Waals surface area contributed by atoms with Crippen molar-refractivity contribution >= 4 is 28.6 Å². The Morgan fingerprint density at radius 1 is 1.14 bits per heavy atom. The predicted molar refractivity (Wildman–Crippen MR) is 136 cm³/mol. The van der Waals surface area contributed by atoms with Crippen LogP contribution in [0.5, 0.6) is 0 Å². The zero-order chi connectivity index (χ0) is 25.4. The van der Waals surface area contributed by atoms with Crippen LogP contribution >= 0.6 is 0 Å². The second-order valence-corrected chi connectivity index (χ2v) is 11.8. The highest BCUT2D eigenvalue weighted by Gasteiger charge is 2.46. The van der Waals surface area contributed by atoms with Gasteiger partial charge in [-0.3, -0.25) is 4.79 Å². The molecule has 2 amide bonds. The van der Waals surface area contributed by atoms with Gasteiger partial charge in [-0.25, -0.2) is 18.3 Å². The van der Waals surface area contributed by atoms with Gasteiger partial charge in [0, 0.05) is 44.8 Å². The van der Waals surface area contributed by atoms with Gasteiger partial charge in [0.2, 0.25) is 0 Å². The van der Waals surface area contributed by atoms with Crippen molar-refractivity contribution in [1.29, 1.82) is 0 Å². The fourth-order valence-corrected chi connectivity index (χ4v) is 6.10. The molecule has 2 aromatic heterocycles. The largest absolute Gasteiger partial charge is 0.444 e. The summed E-state index contributed by atoms with van der Waals surface area (Å²) in [5.74, 6) is 0.133. The number of imidazole rings is 1. The molecular weight excluding hydrogens is 478 g/mol. The van der Waals surface area contributed by atoms with E-state index in [2.05, 4.69) is 10.3 Å². The molecule has 0 saturated carbocycles. The number of amides is 2. The molecule has 190 valence electrons. The minimum absolute atomic E-state index is 0.0276. The highest BCUT2D eigenvalue weighted by atomic mass is 32.2. The molecule has 10 heteroatoms. The smallest absolute Gasteiger partial charge is 0.410 e. The molecule has 0 radical (unpaired) electrons. The molecule has 1 aromatic carbocycles. The van der Waals surface area contributed by atoms with Crippen LogP contribution in [0.4, 0.5) is 4.79 Å². The number of carbonyl (C=O) groups excluding carboxylic acids is 2. The van der Waals surface area contributed by atoms with Gasteiger partial charge >= 0.3 is 6.09 Å². The maximum absolute atomic E-state index is 13.3. The zero-order valence-corrected chi connectivity index (χ0v) is 21.5. The van der Waals surface area contributed by atoms with E-state index >= 15 is 0 Å². The second kappa shape index (κ2) is 9.67. The molecule has 3 unspecified atom stereocenters. The van der Waals surface area contributed by atoms with Crippen LogP contribution in [0.15, 0.2) is 59.9 Å². The quantitative estimate of drug-likeness (QED) is 0.570. The summed E-state index contributed by atoms with van der Waals surface area (Å²) in [6.45, 7) is 7.90. The molecule has 5 rings (SSSR count). The van der Waals surface area contributed by atoms with E-state index in [0.29, 0.717) is 42.6 Å². The van der Waals surface area contributed by atoms with Crippen LogP contribution in [-0.4, -0.2) is 66.1 Å². The van der Waals surface area contributed by atoms with Crippen molar-refractivity contribution in [3.05, 3.63) is 66.1 Å². The van der Waals surface area contributed by atoms with Crippen LogP contribution in [0.2, 0.25) is 0 Å². The van der Waals surface area contributed by atoms with Crippen molar-refractivity contribution in [2.75, 3.05) is 19.6 Å². The van der Waals surface area contributed by atoms with E-state index in [1.807, 2.05) is 49.3 Å². The van der Waals surface area contributed by atoms with E-state index in [1.165, 1.54) is 0 Å². The molecule has 0 spiro atoms. The van der Waals surface area contributed by atoms with Crippen molar-refractivity contribution in [3.8, 4) is 0 Å². The highest BCUT2D eigenvalue weighted by Crippen LogP contribution is 2.34. The molecule has 2 fully saturated rings. The van der Waals surface area contributed by atoms with E-state index in [1.54, 1.807) is 40.0 Å². The number of hydrogen-bond donors (Lipinski definition) is 1. The topological polar surface area (TPSA) is 96.2 Å². The summed E-state index contributed by atoms with van der Waals surface area (Å²) in [5.41, 5.74) is 1.72. The fraction of sp³-hybridized carbons (Fsp3) is 0.423. The van der Waals surface area contributed by atoms with Gasteiger partial charge in [0.1, 0.15) is 22.2 Å². The number of carbonyl (C=O) groups is 2. The van der Waals surface area contributed by atoms with Crippen LogP contribution in [0.1, 0.15) is 43.1 Å². The van der Waals surface area contributed by atoms with Gasteiger partial charge in [-0.2, -0.15) is 0 Å². The van der Waals surface area contributed by atoms with Crippen molar-refractivity contribution in [2.45, 2.75) is 50.3 Å². The van der Waals surface area contributed by atoms with E-state index in [9.17, 15) is 13.8 Å². The monoisotopic (exact) mass is 509 g/mol. The highest BCUT2D eigenvalue weighted by molar-refractivity contribution is 7.82. The van der Waals surface area contributed by atoms with E-state index in [-0.39, 0.29) is 18.0 Å². The third-order valence-electron chi connectivity index (χ3n) is 6.61. The van der Waals surface area contributed by atoms with Crippen LogP contribution in [0.25, 0.3) is 5.65 Å². The number of fused-ring (bicyclic) bond motifs is 2. The summed E-state index contributed by atoms with van der Waals surface area (Å²) in [5, 5.41) is 2.93. The Hall–Kier alpha value is -3.24. The van der Waals surface area contributed by atoms with Crippen molar-refractivity contribution < 1.29 is 18.5 Å². The molecule has 36 heavy (non-hydrogen) atoms. The number of benzene rings is 1. The average molecular weight is 510 g/mol. The number of hydrogen-bond acceptors (Lipinski definition) is 5. The van der Waals surface area contributed by atoms with Crippen molar-refractivity contribution in [2.24, 2.45) is 5.92 Å². The third kappa shape index (κ3) is 5.15. The molecule has 2 aliphatic rings. The van der Waals surface area contributed by atoms with E-state index in [4.69, 9.17) is 4.74 Å². The molecular formula is C26H31N5O4S. The SMILES string of the molecule is CC(C)(C)OC(=O)N1CCC2CN(S(=O)c3ccc(CNC(=O)c4ccc5nccn5c4)cc3)CC21. The van der Waals surface area contributed by atoms with Crippen LogP contribution in [0, 0.1) is 5.92 Å². The van der Waals surface area contributed by atoms with Gasteiger partial charge in [-0.1, -0.05) is 12.1 Å². The molecule has 4 heterocycles. The Morgan fingerprint density at radius 3 is 2.67 bits per heavy atom. The van der Waals surface area contributed by atoms with Gasteiger partial charge in [-0.15, -0.1) is 0 Å². The Kier molecular flexibility index (Phi) is 6.57. The normalized spacial score (nSPS) is 20.9. The maximum atomic E-state index is 13.3. The fourth-order valence-electron chi connectivity index (χ4n) is 4.82. The van der Waals surface area contributed by atoms with Gasteiger partial charge < -0.3 is 19.4 Å². The number of nitrogens with zero attached hydrogens (tertiary/aromatic N) is 4. The Bertz CT molecular complexity index is 1300. The summed E-state index contributed by atoms with van der Waals surface area (Å²) < 4.78 is 22.6. The molecule has 0 aliphatic carbocycles. The summed E-state index contributed by atoms with van der Waals surface area (Å²) in [4.78, 5) is 31.8. The average Bonchev–Trinajstić information content (AvgIpc) is 3.56. The third-order valence-corrected chi connectivity index (χ3v) is 8.05. The van der Waals surface area contributed by atoms with Crippen molar-refractivity contribution in [3.63, 3.8) is 0 Å². The Morgan fingerprint density at radius 2 is 1.92 bits per heavy atom. The number of ether oxygens (including phenoxy) is 1. The first kappa shape index (κ1) is 24.5. The standard InChI is InChI=1S/C26H31N5O4S/c1-26(2,3)35-25(33)31-12-10-19-16-30(17-22(19)31)36(34)21-7-4-18(5-8-21)14-28-24(32)20-6-9-23-27-11-13-29(23)15-20/h4-9,11,13,15,19,22H,10,12,14,16-17H2,1-3H3,(H,28,32). The zero-order valence-electron chi connectivity index (χ0n) is 20.7. The molecule has 2 aliphatic heterocycles.